The van der Waals surface area contributed by atoms with E-state index in [1.54, 1.807) is 0 Å². The molecular formula is C9H14O4S. The van der Waals surface area contributed by atoms with Gasteiger partial charge in [0.15, 0.2) is 6.29 Å². The van der Waals surface area contributed by atoms with E-state index >= 15 is 0 Å². The molecule has 5 heteroatoms. The molecule has 14 heavy (non-hydrogen) atoms. The minimum absolute atomic E-state index is 0.0833. The summed E-state index contributed by atoms with van der Waals surface area (Å²) in [7, 11) is 1.00. The fraction of sp³-hybridized carbons (Fsp3) is 0.333. The molecule has 80 valence electrons. The molecule has 0 spiro atoms. The first kappa shape index (κ1) is 15.3. The minimum atomic E-state index is -1.05. The summed E-state index contributed by atoms with van der Waals surface area (Å²) in [5.74, 6) is -1.05. The number of carboxylic acids is 1. The fourth-order valence-corrected chi connectivity index (χ4v) is 1.34. The highest BCUT2D eigenvalue weighted by molar-refractivity contribution is 7.08. The molecule has 1 heterocycles. The first-order chi connectivity index (χ1) is 6.75. The number of aliphatic hydroxyl groups excluding tert-OH is 1. The Balaban J connectivity index is 0. The van der Waals surface area contributed by atoms with E-state index in [0.717, 1.165) is 7.11 Å². The Morgan fingerprint density at radius 2 is 1.86 bits per heavy atom. The Kier molecular flexibility index (Phi) is 10.8. The number of carboxylic acid groups (broad SMARTS) is 1. The average molecular weight is 218 g/mol. The largest absolute Gasteiger partial charge is 0.478 e. The first-order valence-corrected chi connectivity index (χ1v) is 4.89. The number of aldehydes is 1. The summed E-state index contributed by atoms with van der Waals surface area (Å²) >= 11 is 1.21. The molecule has 0 aromatic carbocycles. The monoisotopic (exact) mass is 218 g/mol. The molecule has 0 fully saturated rings. The summed E-state index contributed by atoms with van der Waals surface area (Å²) in [5.41, 5.74) is 0.331. The van der Waals surface area contributed by atoms with Crippen molar-refractivity contribution in [2.75, 3.05) is 7.11 Å². The van der Waals surface area contributed by atoms with Crippen LogP contribution in [0.5, 0.6) is 0 Å². The van der Waals surface area contributed by atoms with Crippen LogP contribution in [-0.4, -0.2) is 29.6 Å². The number of aromatic carboxylic acids is 1. The van der Waals surface area contributed by atoms with Gasteiger partial charge >= 0.3 is 5.97 Å². The molecule has 0 bridgehead atoms. The van der Waals surface area contributed by atoms with Gasteiger partial charge in [0.25, 0.3) is 0 Å². The third kappa shape index (κ3) is 4.74. The number of rotatable bonds is 2. The second-order valence-corrected chi connectivity index (χ2v) is 2.41. The minimum Gasteiger partial charge on any atom is -0.478 e. The third-order valence-corrected chi connectivity index (χ3v) is 1.81. The summed E-state index contributed by atoms with van der Waals surface area (Å²) in [6, 6.07) is 0. The van der Waals surface area contributed by atoms with Crippen LogP contribution in [0.3, 0.4) is 0 Å². The average Bonchev–Trinajstić information content (AvgIpc) is 2.71. The van der Waals surface area contributed by atoms with Crippen molar-refractivity contribution in [2.24, 2.45) is 0 Å². The predicted molar refractivity (Wildman–Crippen MR) is 56.2 cm³/mol. The first-order valence-electron chi connectivity index (χ1n) is 3.95. The number of carbonyl (C=O) groups is 2. The van der Waals surface area contributed by atoms with E-state index in [1.165, 1.54) is 22.1 Å². The lowest BCUT2D eigenvalue weighted by Gasteiger charge is -1.85. The summed E-state index contributed by atoms with van der Waals surface area (Å²) < 4.78 is 0. The highest BCUT2D eigenvalue weighted by Gasteiger charge is 2.08. The molecule has 1 aromatic heterocycles. The summed E-state index contributed by atoms with van der Waals surface area (Å²) in [6.07, 6.45) is 0.542. The molecule has 1 aromatic rings. The molecule has 0 aliphatic heterocycles. The van der Waals surface area contributed by atoms with Crippen molar-refractivity contribution in [1.82, 2.24) is 0 Å². The lowest BCUT2D eigenvalue weighted by atomic mass is 10.2. The second-order valence-electron chi connectivity index (χ2n) is 1.66. The maximum atomic E-state index is 10.3. The summed E-state index contributed by atoms with van der Waals surface area (Å²) in [4.78, 5) is 20.4. The van der Waals surface area contributed by atoms with E-state index in [-0.39, 0.29) is 11.1 Å². The van der Waals surface area contributed by atoms with Crippen molar-refractivity contribution in [3.8, 4) is 0 Å². The molecule has 0 unspecified atom stereocenters. The Morgan fingerprint density at radius 1 is 1.36 bits per heavy atom. The number of thiophene rings is 1. The zero-order valence-electron chi connectivity index (χ0n) is 8.35. The van der Waals surface area contributed by atoms with Crippen LogP contribution < -0.4 is 0 Å². The molecule has 0 aliphatic carbocycles. The van der Waals surface area contributed by atoms with Crippen molar-refractivity contribution < 1.29 is 19.8 Å². The molecule has 0 amide bonds. The van der Waals surface area contributed by atoms with Gasteiger partial charge in [0.05, 0.1) is 5.56 Å². The van der Waals surface area contributed by atoms with Gasteiger partial charge in [0.1, 0.15) is 0 Å². The number of aliphatic hydroxyl groups is 1. The van der Waals surface area contributed by atoms with Crippen molar-refractivity contribution in [3.05, 3.63) is 21.9 Å². The van der Waals surface area contributed by atoms with Crippen LogP contribution in [0.25, 0.3) is 0 Å². The number of carbonyl (C=O) groups excluding carboxylic acids is 1. The van der Waals surface area contributed by atoms with Gasteiger partial charge in [-0.25, -0.2) is 4.79 Å². The van der Waals surface area contributed by atoms with Crippen molar-refractivity contribution >= 4 is 23.6 Å². The van der Waals surface area contributed by atoms with Gasteiger partial charge in [-0.3, -0.25) is 4.79 Å². The van der Waals surface area contributed by atoms with Crippen LogP contribution in [0.4, 0.5) is 0 Å². The van der Waals surface area contributed by atoms with Crippen LogP contribution in [0.1, 0.15) is 34.6 Å². The highest BCUT2D eigenvalue weighted by atomic mass is 32.1. The van der Waals surface area contributed by atoms with E-state index in [2.05, 4.69) is 0 Å². The molecule has 0 aliphatic rings. The molecular weight excluding hydrogens is 204 g/mol. The molecule has 4 nitrogen and oxygen atoms in total. The normalized spacial score (nSPS) is 7.43. The second kappa shape index (κ2) is 9.88. The third-order valence-electron chi connectivity index (χ3n) is 1.05. The molecule has 1 rings (SSSR count). The quantitative estimate of drug-likeness (QED) is 0.743. The van der Waals surface area contributed by atoms with Crippen LogP contribution >= 0.6 is 11.3 Å². The lowest BCUT2D eigenvalue weighted by molar-refractivity contribution is 0.0694. The number of hydrogen-bond donors (Lipinski definition) is 2. The molecule has 0 saturated carbocycles. The van der Waals surface area contributed by atoms with E-state index < -0.39 is 5.97 Å². The topological polar surface area (TPSA) is 74.6 Å². The van der Waals surface area contributed by atoms with Gasteiger partial charge in [-0.2, -0.15) is 11.3 Å². The van der Waals surface area contributed by atoms with E-state index in [9.17, 15) is 9.59 Å². The molecule has 0 radical (unpaired) electrons. The Bertz CT molecular complexity index is 268. The van der Waals surface area contributed by atoms with Crippen LogP contribution in [0.2, 0.25) is 0 Å². The fourth-order valence-electron chi connectivity index (χ4n) is 0.572. The summed E-state index contributed by atoms with van der Waals surface area (Å²) in [6.45, 7) is 4.00. The van der Waals surface area contributed by atoms with Gasteiger partial charge in [0, 0.05) is 23.4 Å². The maximum Gasteiger partial charge on any atom is 0.337 e. The standard InChI is InChI=1S/C6H4O3S.C2H6.CH4O/c7-1-4-2-10-3-5(4)6(8)9;2*1-2/h1-3H,(H,8,9);1-2H3;2H,1H3. The zero-order valence-corrected chi connectivity index (χ0v) is 9.17. The van der Waals surface area contributed by atoms with Crippen LogP contribution in [0.15, 0.2) is 10.8 Å². The van der Waals surface area contributed by atoms with Gasteiger partial charge in [-0.05, 0) is 0 Å². The summed E-state index contributed by atoms with van der Waals surface area (Å²) in [5, 5.41) is 18.4. The van der Waals surface area contributed by atoms with E-state index in [0.29, 0.717) is 6.29 Å². The maximum absolute atomic E-state index is 10.3. The Labute approximate surface area is 86.8 Å². The SMILES string of the molecule is CC.CO.O=Cc1cscc1C(=O)O. The van der Waals surface area contributed by atoms with Gasteiger partial charge < -0.3 is 10.2 Å². The lowest BCUT2D eigenvalue weighted by Crippen LogP contribution is -1.96. The van der Waals surface area contributed by atoms with E-state index in [4.69, 9.17) is 10.2 Å². The van der Waals surface area contributed by atoms with Crippen LogP contribution in [0, 0.1) is 0 Å². The predicted octanol–water partition coefficient (Wildman–Crippen LogP) is 1.89. The smallest absolute Gasteiger partial charge is 0.337 e. The van der Waals surface area contributed by atoms with Crippen molar-refractivity contribution in [3.63, 3.8) is 0 Å². The number of hydrogen-bond acceptors (Lipinski definition) is 4. The van der Waals surface area contributed by atoms with Crippen LogP contribution in [-0.2, 0) is 0 Å². The van der Waals surface area contributed by atoms with Crippen molar-refractivity contribution in [2.45, 2.75) is 13.8 Å². The highest BCUT2D eigenvalue weighted by Crippen LogP contribution is 2.11. The molecule has 0 atom stereocenters. The van der Waals surface area contributed by atoms with Crippen molar-refractivity contribution in [1.29, 1.82) is 0 Å². The van der Waals surface area contributed by atoms with Gasteiger partial charge in [0.2, 0.25) is 0 Å². The Hall–Kier alpha value is -1.20. The zero-order chi connectivity index (χ0) is 11.6. The van der Waals surface area contributed by atoms with Gasteiger partial charge in [-0.1, -0.05) is 13.8 Å². The van der Waals surface area contributed by atoms with Gasteiger partial charge in [-0.15, -0.1) is 0 Å². The molecule has 2 N–H and O–H groups in total. The Morgan fingerprint density at radius 3 is 2.14 bits per heavy atom. The molecule has 0 saturated heterocycles. The van der Waals surface area contributed by atoms with E-state index in [1.807, 2.05) is 13.8 Å².